The van der Waals surface area contributed by atoms with Crippen LogP contribution in [0.4, 0.5) is 0 Å². The van der Waals surface area contributed by atoms with Gasteiger partial charge >= 0.3 is 0 Å². The third kappa shape index (κ3) is 2.82. The molecule has 0 radical (unpaired) electrons. The van der Waals surface area contributed by atoms with E-state index in [4.69, 9.17) is 11.6 Å². The summed E-state index contributed by atoms with van der Waals surface area (Å²) in [4.78, 5) is 12.0. The lowest BCUT2D eigenvalue weighted by atomic mass is 9.93. The fourth-order valence-corrected chi connectivity index (χ4v) is 1.82. The number of benzene rings is 1. The van der Waals surface area contributed by atoms with Gasteiger partial charge in [0.2, 0.25) is 0 Å². The molecule has 0 aliphatic carbocycles. The average molecular weight is 225 g/mol. The molecule has 0 unspecified atom stereocenters. The Morgan fingerprint density at radius 3 is 2.40 bits per heavy atom. The number of carbonyl (C=O) groups is 1. The molecule has 0 aliphatic rings. The average Bonchev–Trinajstić information content (AvgIpc) is 2.23. The third-order valence-corrected chi connectivity index (χ3v) is 3.22. The Morgan fingerprint density at radius 1 is 1.33 bits per heavy atom. The Bertz CT molecular complexity index is 354. The molecule has 0 aliphatic heterocycles. The van der Waals surface area contributed by atoms with Crippen molar-refractivity contribution in [3.05, 3.63) is 34.3 Å². The largest absolute Gasteiger partial charge is 0.294 e. The normalized spacial score (nSPS) is 10.7. The van der Waals surface area contributed by atoms with Crippen LogP contribution >= 0.6 is 11.6 Å². The van der Waals surface area contributed by atoms with Crippen LogP contribution in [0.3, 0.4) is 0 Å². The molecule has 0 atom stereocenters. The molecule has 0 fully saturated rings. The van der Waals surface area contributed by atoms with Gasteiger partial charge in [0.25, 0.3) is 0 Å². The Hall–Kier alpha value is -0.820. The molecule has 1 rings (SSSR count). The van der Waals surface area contributed by atoms with Gasteiger partial charge in [-0.3, -0.25) is 4.79 Å². The first-order valence-electron chi connectivity index (χ1n) is 5.40. The maximum atomic E-state index is 12.0. The minimum absolute atomic E-state index is 0.128. The van der Waals surface area contributed by atoms with E-state index in [9.17, 15) is 4.79 Å². The van der Waals surface area contributed by atoms with Crippen LogP contribution in [0, 0.1) is 12.8 Å². The predicted molar refractivity (Wildman–Crippen MR) is 64.6 cm³/mol. The Morgan fingerprint density at radius 2 is 1.93 bits per heavy atom. The van der Waals surface area contributed by atoms with Crippen molar-refractivity contribution in [3.8, 4) is 0 Å². The maximum absolute atomic E-state index is 12.0. The van der Waals surface area contributed by atoms with Gasteiger partial charge in [0.05, 0.1) is 0 Å². The lowest BCUT2D eigenvalue weighted by molar-refractivity contribution is 0.0913. The van der Waals surface area contributed by atoms with Gasteiger partial charge in [-0.15, -0.1) is 0 Å². The molecule has 15 heavy (non-hydrogen) atoms. The van der Waals surface area contributed by atoms with E-state index in [0.717, 1.165) is 24.0 Å². The molecule has 0 amide bonds. The van der Waals surface area contributed by atoms with Gasteiger partial charge in [0.15, 0.2) is 5.78 Å². The van der Waals surface area contributed by atoms with Crippen LogP contribution in [-0.4, -0.2) is 5.78 Å². The molecule has 1 aromatic rings. The summed E-state index contributed by atoms with van der Waals surface area (Å²) < 4.78 is 0. The van der Waals surface area contributed by atoms with Gasteiger partial charge in [-0.05, 0) is 31.4 Å². The monoisotopic (exact) mass is 224 g/mol. The van der Waals surface area contributed by atoms with Gasteiger partial charge in [-0.25, -0.2) is 0 Å². The van der Waals surface area contributed by atoms with Gasteiger partial charge < -0.3 is 0 Å². The lowest BCUT2D eigenvalue weighted by Crippen LogP contribution is -2.12. The van der Waals surface area contributed by atoms with Crippen LogP contribution in [0.5, 0.6) is 0 Å². The number of hydrogen-bond donors (Lipinski definition) is 0. The van der Waals surface area contributed by atoms with Crippen LogP contribution in [0.2, 0.25) is 5.02 Å². The van der Waals surface area contributed by atoms with Crippen molar-refractivity contribution < 1.29 is 4.79 Å². The molecule has 82 valence electrons. The summed E-state index contributed by atoms with van der Waals surface area (Å²) in [7, 11) is 0. The number of carbonyl (C=O) groups excluding carboxylic acids is 1. The summed E-state index contributed by atoms with van der Waals surface area (Å²) in [6.07, 6.45) is 1.78. The summed E-state index contributed by atoms with van der Waals surface area (Å²) in [6, 6.07) is 5.54. The zero-order valence-electron chi connectivity index (χ0n) is 9.51. The highest BCUT2D eigenvalue weighted by Crippen LogP contribution is 2.21. The standard InChI is InChI=1S/C13H17ClO/c1-4-10(5-2)13(15)11-7-6-9(3)12(14)8-11/h6-8,10H,4-5H2,1-3H3. The highest BCUT2D eigenvalue weighted by Gasteiger charge is 2.16. The molecule has 0 aromatic heterocycles. The minimum Gasteiger partial charge on any atom is -0.294 e. The zero-order valence-corrected chi connectivity index (χ0v) is 10.3. The van der Waals surface area contributed by atoms with Gasteiger partial charge in [-0.1, -0.05) is 37.6 Å². The first-order chi connectivity index (χ1) is 7.10. The van der Waals surface area contributed by atoms with Gasteiger partial charge in [0, 0.05) is 16.5 Å². The van der Waals surface area contributed by atoms with Crippen LogP contribution in [0.15, 0.2) is 18.2 Å². The molecule has 0 heterocycles. The number of rotatable bonds is 4. The molecule has 0 saturated heterocycles. The molecule has 2 heteroatoms. The highest BCUT2D eigenvalue weighted by molar-refractivity contribution is 6.31. The van der Waals surface area contributed by atoms with Crippen molar-refractivity contribution in [3.63, 3.8) is 0 Å². The maximum Gasteiger partial charge on any atom is 0.165 e. The first kappa shape index (κ1) is 12.3. The van der Waals surface area contributed by atoms with Crippen LogP contribution in [0.1, 0.15) is 42.6 Å². The summed E-state index contributed by atoms with van der Waals surface area (Å²) in [5.74, 6) is 0.339. The molecule has 0 saturated carbocycles. The topological polar surface area (TPSA) is 17.1 Å². The van der Waals surface area contributed by atoms with E-state index in [-0.39, 0.29) is 11.7 Å². The van der Waals surface area contributed by atoms with E-state index in [1.54, 1.807) is 6.07 Å². The van der Waals surface area contributed by atoms with E-state index in [1.165, 1.54) is 0 Å². The number of halogens is 1. The molecule has 0 spiro atoms. The Balaban J connectivity index is 2.96. The van der Waals surface area contributed by atoms with E-state index in [0.29, 0.717) is 5.02 Å². The van der Waals surface area contributed by atoms with Gasteiger partial charge in [-0.2, -0.15) is 0 Å². The number of Topliss-reactive ketones (excluding diaryl/α,β-unsaturated/α-hetero) is 1. The Labute approximate surface area is 96.5 Å². The lowest BCUT2D eigenvalue weighted by Gasteiger charge is -2.11. The SMILES string of the molecule is CCC(CC)C(=O)c1ccc(C)c(Cl)c1. The summed E-state index contributed by atoms with van der Waals surface area (Å²) >= 11 is 6.00. The Kier molecular flexibility index (Phi) is 4.34. The molecular formula is C13H17ClO. The fraction of sp³-hybridized carbons (Fsp3) is 0.462. The smallest absolute Gasteiger partial charge is 0.165 e. The predicted octanol–water partition coefficient (Wildman–Crippen LogP) is 4.27. The second kappa shape index (κ2) is 5.32. The fourth-order valence-electron chi connectivity index (χ4n) is 1.64. The van der Waals surface area contributed by atoms with Crippen molar-refractivity contribution in [2.45, 2.75) is 33.6 Å². The summed E-state index contributed by atoms with van der Waals surface area (Å²) in [6.45, 7) is 6.03. The minimum atomic E-state index is 0.128. The van der Waals surface area contributed by atoms with Gasteiger partial charge in [0.1, 0.15) is 0 Å². The quantitative estimate of drug-likeness (QED) is 0.699. The van der Waals surface area contributed by atoms with E-state index >= 15 is 0 Å². The van der Waals surface area contributed by atoms with Crippen LogP contribution in [-0.2, 0) is 0 Å². The molecule has 1 nitrogen and oxygen atoms in total. The van der Waals surface area contributed by atoms with Crippen molar-refractivity contribution in [2.24, 2.45) is 5.92 Å². The zero-order chi connectivity index (χ0) is 11.4. The third-order valence-electron chi connectivity index (χ3n) is 2.81. The van der Waals surface area contributed by atoms with E-state index in [2.05, 4.69) is 0 Å². The molecule has 0 N–H and O–H groups in total. The van der Waals surface area contributed by atoms with Crippen LogP contribution < -0.4 is 0 Å². The highest BCUT2D eigenvalue weighted by atomic mass is 35.5. The summed E-state index contributed by atoms with van der Waals surface area (Å²) in [5, 5.41) is 0.673. The van der Waals surface area contributed by atoms with E-state index in [1.807, 2.05) is 32.9 Å². The van der Waals surface area contributed by atoms with Crippen molar-refractivity contribution in [2.75, 3.05) is 0 Å². The molecule has 0 bridgehead atoms. The number of aryl methyl sites for hydroxylation is 1. The molecule has 1 aromatic carbocycles. The van der Waals surface area contributed by atoms with Crippen molar-refractivity contribution in [1.82, 2.24) is 0 Å². The summed E-state index contributed by atoms with van der Waals surface area (Å²) in [5.41, 5.74) is 1.75. The van der Waals surface area contributed by atoms with Crippen molar-refractivity contribution >= 4 is 17.4 Å². The van der Waals surface area contributed by atoms with E-state index < -0.39 is 0 Å². The van der Waals surface area contributed by atoms with Crippen LogP contribution in [0.25, 0.3) is 0 Å². The first-order valence-corrected chi connectivity index (χ1v) is 5.78. The molecular weight excluding hydrogens is 208 g/mol. The second-order valence-electron chi connectivity index (χ2n) is 3.84. The second-order valence-corrected chi connectivity index (χ2v) is 4.25. The van der Waals surface area contributed by atoms with Crippen molar-refractivity contribution in [1.29, 1.82) is 0 Å². The number of ketones is 1. The number of hydrogen-bond acceptors (Lipinski definition) is 1.